The van der Waals surface area contributed by atoms with Gasteiger partial charge in [0, 0.05) is 31.1 Å². The van der Waals surface area contributed by atoms with E-state index in [9.17, 15) is 0 Å². The molecule has 1 unspecified atom stereocenters. The van der Waals surface area contributed by atoms with Gasteiger partial charge in [-0.05, 0) is 0 Å². The zero-order chi connectivity index (χ0) is 8.27. The van der Waals surface area contributed by atoms with Gasteiger partial charge in [-0.2, -0.15) is 0 Å². The molecule has 0 aliphatic rings. The summed E-state index contributed by atoms with van der Waals surface area (Å²) in [5.41, 5.74) is 0. The van der Waals surface area contributed by atoms with Crippen molar-refractivity contribution in [3.63, 3.8) is 0 Å². The molecule has 62 valence electrons. The molecular formula is C7H12N2S2. The van der Waals surface area contributed by atoms with E-state index in [1.807, 2.05) is 19.4 Å². The van der Waals surface area contributed by atoms with Crippen LogP contribution in [0.15, 0.2) is 12.4 Å². The number of nitrogens with zero attached hydrogens (tertiary/aromatic N) is 2. The Hall–Kier alpha value is -0.0900. The first-order valence-corrected chi connectivity index (χ1v) is 5.53. The van der Waals surface area contributed by atoms with Gasteiger partial charge in [0.25, 0.3) is 0 Å². The van der Waals surface area contributed by atoms with Crippen LogP contribution in [0.2, 0.25) is 0 Å². The third kappa shape index (κ3) is 2.17. The average molecular weight is 188 g/mol. The van der Waals surface area contributed by atoms with Crippen molar-refractivity contribution in [3.05, 3.63) is 18.2 Å². The Labute approximate surface area is 76.2 Å². The van der Waals surface area contributed by atoms with Gasteiger partial charge in [-0.3, -0.25) is 0 Å². The third-order valence-corrected chi connectivity index (χ3v) is 2.72. The highest BCUT2D eigenvalue weighted by atomic mass is 33.1. The molecule has 2 nitrogen and oxygen atoms in total. The number of aryl methyl sites for hydroxylation is 1. The second kappa shape index (κ2) is 4.07. The number of imidazole rings is 1. The molecule has 0 radical (unpaired) electrons. The van der Waals surface area contributed by atoms with Crippen LogP contribution in [0.4, 0.5) is 0 Å². The predicted molar refractivity (Wildman–Crippen MR) is 53.1 cm³/mol. The largest absolute Gasteiger partial charge is 0.338 e. The minimum atomic E-state index is 0.484. The smallest absolute Gasteiger partial charge is 0.112 e. The van der Waals surface area contributed by atoms with Crippen molar-refractivity contribution < 1.29 is 0 Å². The molecule has 1 rings (SSSR count). The molecule has 0 saturated heterocycles. The summed E-state index contributed by atoms with van der Waals surface area (Å²) in [6.07, 6.45) is 3.80. The molecule has 0 aliphatic heterocycles. The first kappa shape index (κ1) is 9.00. The molecule has 0 fully saturated rings. The highest BCUT2D eigenvalue weighted by Gasteiger charge is 2.08. The summed E-state index contributed by atoms with van der Waals surface area (Å²) in [4.78, 5) is 4.25. The van der Waals surface area contributed by atoms with E-state index in [-0.39, 0.29) is 0 Å². The molecule has 1 heterocycles. The van der Waals surface area contributed by atoms with Crippen LogP contribution in [-0.2, 0) is 7.05 Å². The van der Waals surface area contributed by atoms with Crippen molar-refractivity contribution in [2.24, 2.45) is 7.05 Å². The van der Waals surface area contributed by atoms with Gasteiger partial charge in [0.1, 0.15) is 5.82 Å². The second-order valence-electron chi connectivity index (χ2n) is 2.59. The van der Waals surface area contributed by atoms with Gasteiger partial charge in [0.15, 0.2) is 0 Å². The summed E-state index contributed by atoms with van der Waals surface area (Å²) < 4.78 is 2.05. The minimum absolute atomic E-state index is 0.484. The molecule has 1 atom stereocenters. The molecule has 1 aromatic rings. The number of hydrogen-bond acceptors (Lipinski definition) is 3. The summed E-state index contributed by atoms with van der Waals surface area (Å²) >= 11 is 4.10. The van der Waals surface area contributed by atoms with E-state index >= 15 is 0 Å². The van der Waals surface area contributed by atoms with Crippen LogP contribution in [0.25, 0.3) is 0 Å². The Balaban J connectivity index is 2.67. The fourth-order valence-corrected chi connectivity index (χ4v) is 2.08. The quantitative estimate of drug-likeness (QED) is 0.578. The van der Waals surface area contributed by atoms with Crippen LogP contribution in [0.5, 0.6) is 0 Å². The molecule has 0 N–H and O–H groups in total. The number of rotatable bonds is 3. The molecule has 0 bridgehead atoms. The van der Waals surface area contributed by atoms with Crippen molar-refractivity contribution in [1.82, 2.24) is 9.55 Å². The molecule has 0 spiro atoms. The highest BCUT2D eigenvalue weighted by molar-refractivity contribution is 8.68. The average Bonchev–Trinajstić information content (AvgIpc) is 2.36. The first-order chi connectivity index (χ1) is 5.25. The zero-order valence-corrected chi connectivity index (χ0v) is 8.40. The SMILES string of the molecule is CC(CSS)c1nccn1C. The lowest BCUT2D eigenvalue weighted by atomic mass is 10.2. The molecule has 0 aromatic carbocycles. The summed E-state index contributed by atoms with van der Waals surface area (Å²) in [7, 11) is 3.57. The summed E-state index contributed by atoms with van der Waals surface area (Å²) in [5.74, 6) is 2.62. The van der Waals surface area contributed by atoms with Crippen LogP contribution in [-0.4, -0.2) is 15.3 Å². The van der Waals surface area contributed by atoms with Gasteiger partial charge in [0.05, 0.1) is 0 Å². The molecule has 1 aromatic heterocycles. The van der Waals surface area contributed by atoms with E-state index in [0.717, 1.165) is 11.6 Å². The molecule has 4 heteroatoms. The Kier molecular flexibility index (Phi) is 3.33. The van der Waals surface area contributed by atoms with E-state index in [1.165, 1.54) is 0 Å². The number of hydrogen-bond donors (Lipinski definition) is 1. The van der Waals surface area contributed by atoms with E-state index < -0.39 is 0 Å². The number of aromatic nitrogens is 2. The van der Waals surface area contributed by atoms with Crippen molar-refractivity contribution in [3.8, 4) is 0 Å². The van der Waals surface area contributed by atoms with Crippen LogP contribution in [0.3, 0.4) is 0 Å². The Morgan fingerprint density at radius 1 is 1.82 bits per heavy atom. The summed E-state index contributed by atoms with van der Waals surface area (Å²) in [6.45, 7) is 2.16. The first-order valence-electron chi connectivity index (χ1n) is 3.49. The predicted octanol–water partition coefficient (Wildman–Crippen LogP) is 2.10. The fraction of sp³-hybridized carbons (Fsp3) is 0.571. The van der Waals surface area contributed by atoms with Gasteiger partial charge in [0.2, 0.25) is 0 Å². The maximum Gasteiger partial charge on any atom is 0.112 e. The molecule has 0 aliphatic carbocycles. The lowest BCUT2D eigenvalue weighted by Crippen LogP contribution is -2.04. The Morgan fingerprint density at radius 2 is 2.55 bits per heavy atom. The van der Waals surface area contributed by atoms with Crippen LogP contribution < -0.4 is 0 Å². The Bertz CT molecular complexity index is 222. The van der Waals surface area contributed by atoms with Gasteiger partial charge in [-0.25, -0.2) is 4.98 Å². The molecular weight excluding hydrogens is 176 g/mol. The van der Waals surface area contributed by atoms with Crippen LogP contribution >= 0.6 is 22.5 Å². The standard InChI is InChI=1S/C7H12N2S2/c1-6(5-11-10)7-8-3-4-9(7)2/h3-4,6,10H,5H2,1-2H3. The number of thiol groups is 1. The van der Waals surface area contributed by atoms with Gasteiger partial charge < -0.3 is 4.57 Å². The summed E-state index contributed by atoms with van der Waals surface area (Å²) in [6, 6.07) is 0. The third-order valence-electron chi connectivity index (χ3n) is 1.62. The van der Waals surface area contributed by atoms with Gasteiger partial charge in [-0.1, -0.05) is 17.7 Å². The normalized spacial score (nSPS) is 13.4. The van der Waals surface area contributed by atoms with E-state index in [1.54, 1.807) is 10.8 Å². The van der Waals surface area contributed by atoms with E-state index in [2.05, 4.69) is 28.1 Å². The lowest BCUT2D eigenvalue weighted by molar-refractivity contribution is 0.719. The second-order valence-corrected chi connectivity index (χ2v) is 3.96. The summed E-state index contributed by atoms with van der Waals surface area (Å²) in [5, 5.41) is 0. The topological polar surface area (TPSA) is 17.8 Å². The van der Waals surface area contributed by atoms with Crippen molar-refractivity contribution in [2.45, 2.75) is 12.8 Å². The highest BCUT2D eigenvalue weighted by Crippen LogP contribution is 2.19. The van der Waals surface area contributed by atoms with Crippen molar-refractivity contribution in [2.75, 3.05) is 5.75 Å². The minimum Gasteiger partial charge on any atom is -0.338 e. The van der Waals surface area contributed by atoms with Crippen molar-refractivity contribution in [1.29, 1.82) is 0 Å². The molecule has 0 saturated carbocycles. The van der Waals surface area contributed by atoms with E-state index in [4.69, 9.17) is 0 Å². The lowest BCUT2D eigenvalue weighted by Gasteiger charge is -2.08. The fourth-order valence-electron chi connectivity index (χ4n) is 1.04. The van der Waals surface area contributed by atoms with Gasteiger partial charge >= 0.3 is 0 Å². The van der Waals surface area contributed by atoms with Crippen molar-refractivity contribution >= 4 is 22.5 Å². The maximum absolute atomic E-state index is 4.25. The van der Waals surface area contributed by atoms with E-state index in [0.29, 0.717) is 5.92 Å². The molecule has 11 heavy (non-hydrogen) atoms. The van der Waals surface area contributed by atoms with Crippen LogP contribution in [0, 0.1) is 0 Å². The monoisotopic (exact) mass is 188 g/mol. The Morgan fingerprint density at radius 3 is 3.00 bits per heavy atom. The van der Waals surface area contributed by atoms with Crippen LogP contribution in [0.1, 0.15) is 18.7 Å². The molecule has 0 amide bonds. The van der Waals surface area contributed by atoms with Gasteiger partial charge in [-0.15, -0.1) is 11.7 Å². The zero-order valence-electron chi connectivity index (χ0n) is 6.69. The maximum atomic E-state index is 4.25.